The molecule has 0 saturated carbocycles. The van der Waals surface area contributed by atoms with Crippen molar-refractivity contribution >= 4 is 19.9 Å². The fraction of sp³-hybridized carbons (Fsp3) is 0. The second-order valence-electron chi connectivity index (χ2n) is 1.65. The van der Waals surface area contributed by atoms with E-state index in [1.807, 2.05) is 0 Å². The number of hydrogen-bond acceptors (Lipinski definition) is 5. The monoisotopic (exact) mass is 212 g/mol. The van der Waals surface area contributed by atoms with Crippen molar-refractivity contribution in [1.82, 2.24) is 0 Å². The smallest absolute Gasteiger partial charge is 0.475 e. The van der Waals surface area contributed by atoms with Crippen LogP contribution in [0.3, 0.4) is 0 Å². The lowest BCUT2D eigenvalue weighted by molar-refractivity contribution is -0.135. The summed E-state index contributed by atoms with van der Waals surface area (Å²) in [5, 5.41) is 16.0. The summed E-state index contributed by atoms with van der Waals surface area (Å²) in [5.74, 6) is -2.80. The molecule has 0 aliphatic heterocycles. The van der Waals surface area contributed by atoms with Crippen molar-refractivity contribution in [2.75, 3.05) is 0 Å². The number of carbonyl (C=O) groups is 2. The number of carboxylic acids is 1. The van der Waals surface area contributed by atoms with Gasteiger partial charge in [-0.05, 0) is 6.58 Å². The van der Waals surface area contributed by atoms with Crippen molar-refractivity contribution < 1.29 is 38.3 Å². The predicted molar refractivity (Wildman–Crippen MR) is 36.8 cm³/mol. The molecule has 0 aliphatic carbocycles. The molecule has 0 aromatic rings. The first-order valence-corrected chi connectivity index (χ1v) is 4.11. The van der Waals surface area contributed by atoms with Gasteiger partial charge in [0, 0.05) is 0 Å². The molecule has 0 aromatic carbocycles. The minimum absolute atomic E-state index is 1.09. The van der Waals surface area contributed by atoms with Crippen LogP contribution in [0.25, 0.3) is 0 Å². The van der Waals surface area contributed by atoms with Gasteiger partial charge >= 0.3 is 19.9 Å². The van der Waals surface area contributed by atoms with Gasteiger partial charge in [0.2, 0.25) is 5.76 Å². The molecule has 0 spiro atoms. The molecule has 0 heterocycles. The van der Waals surface area contributed by atoms with Gasteiger partial charge in [0.25, 0.3) is 0 Å². The van der Waals surface area contributed by atoms with E-state index in [0.29, 0.717) is 0 Å². The van der Waals surface area contributed by atoms with Gasteiger partial charge in [-0.3, -0.25) is 4.89 Å². The Hall–Kier alpha value is -1.53. The van der Waals surface area contributed by atoms with E-state index in [1.54, 1.807) is 0 Å². The molecule has 0 bridgehead atoms. The quantitative estimate of drug-likeness (QED) is 0.346. The van der Waals surface area contributed by atoms with E-state index in [9.17, 15) is 14.2 Å². The molecule has 0 fully saturated rings. The zero-order chi connectivity index (χ0) is 10.6. The average Bonchev–Trinajstić information content (AvgIpc) is 1.81. The van der Waals surface area contributed by atoms with Crippen molar-refractivity contribution in [3.63, 3.8) is 0 Å². The Morgan fingerprint density at radius 1 is 1.23 bits per heavy atom. The SMILES string of the molecule is C=C(OP(=O)(O)OC(=O)O)C(=O)O. The largest absolute Gasteiger partial charge is 0.589 e. The lowest BCUT2D eigenvalue weighted by atomic mass is 10.6. The summed E-state index contributed by atoms with van der Waals surface area (Å²) in [6, 6.07) is 0. The highest BCUT2D eigenvalue weighted by Crippen LogP contribution is 2.45. The maximum absolute atomic E-state index is 10.5. The minimum Gasteiger partial charge on any atom is -0.475 e. The summed E-state index contributed by atoms with van der Waals surface area (Å²) in [7, 11) is -4.94. The molecule has 1 unspecified atom stereocenters. The molecule has 0 radical (unpaired) electrons. The van der Waals surface area contributed by atoms with Gasteiger partial charge in [-0.25, -0.2) is 14.2 Å². The molecule has 0 amide bonds. The molecule has 1 atom stereocenters. The summed E-state index contributed by atoms with van der Waals surface area (Å²) >= 11 is 0. The maximum Gasteiger partial charge on any atom is 0.589 e. The van der Waals surface area contributed by atoms with Crippen LogP contribution in [-0.2, 0) is 18.4 Å². The van der Waals surface area contributed by atoms with Crippen LogP contribution in [0.15, 0.2) is 12.3 Å². The fourth-order valence-electron chi connectivity index (χ4n) is 0.296. The molecular weight excluding hydrogens is 207 g/mol. The van der Waals surface area contributed by atoms with Crippen LogP contribution in [0, 0.1) is 0 Å². The van der Waals surface area contributed by atoms with Crippen LogP contribution in [0.5, 0.6) is 0 Å². The average molecular weight is 212 g/mol. The van der Waals surface area contributed by atoms with Crippen LogP contribution in [-0.4, -0.2) is 27.2 Å². The Labute approximate surface area is 71.6 Å². The van der Waals surface area contributed by atoms with Crippen LogP contribution in [0.1, 0.15) is 0 Å². The van der Waals surface area contributed by atoms with Crippen LogP contribution in [0.2, 0.25) is 0 Å². The van der Waals surface area contributed by atoms with Crippen molar-refractivity contribution in [3.8, 4) is 0 Å². The van der Waals surface area contributed by atoms with Gasteiger partial charge in [0.1, 0.15) is 0 Å². The number of aliphatic carboxylic acids is 1. The van der Waals surface area contributed by atoms with Gasteiger partial charge < -0.3 is 19.3 Å². The van der Waals surface area contributed by atoms with Gasteiger partial charge in [-0.2, -0.15) is 0 Å². The van der Waals surface area contributed by atoms with Gasteiger partial charge in [-0.15, -0.1) is 0 Å². The van der Waals surface area contributed by atoms with E-state index in [4.69, 9.17) is 15.1 Å². The number of hydrogen-bond donors (Lipinski definition) is 3. The highest BCUT2D eigenvalue weighted by molar-refractivity contribution is 7.48. The number of rotatable bonds is 4. The van der Waals surface area contributed by atoms with Crippen molar-refractivity contribution in [2.24, 2.45) is 0 Å². The summed E-state index contributed by atoms with van der Waals surface area (Å²) in [6.45, 7) is 2.72. The van der Waals surface area contributed by atoms with Crippen LogP contribution in [0.4, 0.5) is 4.79 Å². The Balaban J connectivity index is 4.34. The number of carboxylic acid groups (broad SMARTS) is 2. The normalized spacial score (nSPS) is 13.9. The molecule has 0 rings (SSSR count). The first-order chi connectivity index (χ1) is 5.74. The summed E-state index contributed by atoms with van der Waals surface area (Å²) in [4.78, 5) is 28.3. The highest BCUT2D eigenvalue weighted by atomic mass is 31.2. The minimum atomic E-state index is -4.94. The topological polar surface area (TPSA) is 130 Å². The standard InChI is InChI=1S/C4H5O8P/c1-2(3(5)6)11-13(9,10)12-4(7)8/h1H2,(H,5,6)(H,7,8)(H,9,10). The molecular formula is C4H5O8P. The molecule has 8 nitrogen and oxygen atoms in total. The number of phosphoric acid groups is 1. The van der Waals surface area contributed by atoms with E-state index < -0.39 is 25.7 Å². The first-order valence-electron chi connectivity index (χ1n) is 2.61. The second-order valence-corrected chi connectivity index (χ2v) is 2.95. The maximum atomic E-state index is 10.5. The Kier molecular flexibility index (Phi) is 3.46. The van der Waals surface area contributed by atoms with E-state index in [2.05, 4.69) is 15.6 Å². The summed E-state index contributed by atoms with van der Waals surface area (Å²) in [6.07, 6.45) is -2.07. The fourth-order valence-corrected chi connectivity index (χ4v) is 0.887. The van der Waals surface area contributed by atoms with Crippen molar-refractivity contribution in [1.29, 1.82) is 0 Å². The molecule has 74 valence electrons. The zero-order valence-corrected chi connectivity index (χ0v) is 6.93. The van der Waals surface area contributed by atoms with Gasteiger partial charge in [0.15, 0.2) is 0 Å². The van der Waals surface area contributed by atoms with E-state index in [1.165, 1.54) is 0 Å². The second kappa shape index (κ2) is 3.92. The predicted octanol–water partition coefficient (Wildman–Crippen LogP) is 0.396. The molecule has 9 heteroatoms. The van der Waals surface area contributed by atoms with E-state index in [-0.39, 0.29) is 0 Å². The number of phosphoric ester groups is 1. The Morgan fingerprint density at radius 3 is 2.00 bits per heavy atom. The third kappa shape index (κ3) is 4.83. The van der Waals surface area contributed by atoms with Crippen molar-refractivity contribution in [2.45, 2.75) is 0 Å². The van der Waals surface area contributed by atoms with Gasteiger partial charge in [0.05, 0.1) is 0 Å². The molecule has 0 aromatic heterocycles. The van der Waals surface area contributed by atoms with Crippen LogP contribution >= 0.6 is 7.82 Å². The highest BCUT2D eigenvalue weighted by Gasteiger charge is 2.30. The Bertz CT molecular complexity index is 293. The third-order valence-electron chi connectivity index (χ3n) is 0.658. The Morgan fingerprint density at radius 2 is 1.69 bits per heavy atom. The summed E-state index contributed by atoms with van der Waals surface area (Å²) < 4.78 is 17.6. The lowest BCUT2D eigenvalue weighted by Crippen LogP contribution is -2.05. The zero-order valence-electron chi connectivity index (χ0n) is 6.04. The molecule has 0 aliphatic rings. The lowest BCUT2D eigenvalue weighted by Gasteiger charge is -2.09. The van der Waals surface area contributed by atoms with Crippen LogP contribution < -0.4 is 0 Å². The third-order valence-corrected chi connectivity index (χ3v) is 1.50. The van der Waals surface area contributed by atoms with Crippen molar-refractivity contribution in [3.05, 3.63) is 12.3 Å². The summed E-state index contributed by atoms with van der Waals surface area (Å²) in [5.41, 5.74) is 0. The molecule has 3 N–H and O–H groups in total. The van der Waals surface area contributed by atoms with Gasteiger partial charge in [-0.1, -0.05) is 0 Å². The molecule has 0 saturated heterocycles. The molecule has 13 heavy (non-hydrogen) atoms. The first kappa shape index (κ1) is 11.5. The van der Waals surface area contributed by atoms with E-state index in [0.717, 1.165) is 0 Å². The van der Waals surface area contributed by atoms with E-state index >= 15 is 0 Å².